The summed E-state index contributed by atoms with van der Waals surface area (Å²) in [6.45, 7) is 0. The average Bonchev–Trinajstić information content (AvgIpc) is 0. The average molecular weight is 228 g/mol. The second-order valence-electron chi connectivity index (χ2n) is 0. The third-order valence-electron chi connectivity index (χ3n) is 0. The van der Waals surface area contributed by atoms with E-state index in [1.54, 1.807) is 0 Å². The van der Waals surface area contributed by atoms with Gasteiger partial charge in [-0.15, -0.1) is 24.8 Å². The molecular weight excluding hydrogens is 224 g/mol. The summed E-state index contributed by atoms with van der Waals surface area (Å²) in [5.41, 5.74) is 0. The van der Waals surface area contributed by atoms with Gasteiger partial charge in [-0.25, -0.2) is 0 Å². The van der Waals surface area contributed by atoms with Gasteiger partial charge in [-0.3, -0.25) is 0 Å². The molecule has 0 unspecified atom stereocenters. The number of halogens is 2. The summed E-state index contributed by atoms with van der Waals surface area (Å²) < 4.78 is 0. The Bertz CT molecular complexity index is 7.61. The maximum atomic E-state index is 0. The maximum absolute atomic E-state index is 0. The number of hydrogen-bond acceptors (Lipinski definition) is 0. The minimum atomic E-state index is 0. The summed E-state index contributed by atoms with van der Waals surface area (Å²) in [5.74, 6) is 0. The Morgan fingerprint density at radius 1 is 0.600 bits per heavy atom. The SMILES string of the molecule is Cl.Cl.[La].[LiH].[LiH]. The van der Waals surface area contributed by atoms with E-state index in [9.17, 15) is 0 Å². The summed E-state index contributed by atoms with van der Waals surface area (Å²) in [6.07, 6.45) is 0. The van der Waals surface area contributed by atoms with Gasteiger partial charge in [-0.1, -0.05) is 0 Å². The molecule has 0 heterocycles. The first-order chi connectivity index (χ1) is 0. The molecular formula is H4Cl2LaLi2. The molecule has 5 heavy (non-hydrogen) atoms. The van der Waals surface area contributed by atoms with Crippen LogP contribution in [0.25, 0.3) is 0 Å². The van der Waals surface area contributed by atoms with Crippen molar-refractivity contribution >= 4 is 62.5 Å². The molecule has 0 saturated heterocycles. The van der Waals surface area contributed by atoms with Gasteiger partial charge in [-0.05, 0) is 0 Å². The van der Waals surface area contributed by atoms with E-state index in [-0.39, 0.29) is 98.1 Å². The van der Waals surface area contributed by atoms with E-state index < -0.39 is 0 Å². The van der Waals surface area contributed by atoms with Crippen LogP contribution in [0.5, 0.6) is 0 Å². The summed E-state index contributed by atoms with van der Waals surface area (Å²) >= 11 is 0. The summed E-state index contributed by atoms with van der Waals surface area (Å²) in [4.78, 5) is 0. The molecule has 0 aromatic carbocycles. The van der Waals surface area contributed by atoms with Crippen molar-refractivity contribution in [1.82, 2.24) is 0 Å². The van der Waals surface area contributed by atoms with Crippen molar-refractivity contribution in [3.05, 3.63) is 0 Å². The molecule has 0 nitrogen and oxygen atoms in total. The normalized spacial score (nSPS) is 0. The zero-order valence-electron chi connectivity index (χ0n) is 1.39. The van der Waals surface area contributed by atoms with E-state index in [1.165, 1.54) is 0 Å². The Balaban J connectivity index is 0. The van der Waals surface area contributed by atoms with E-state index in [4.69, 9.17) is 0 Å². The van der Waals surface area contributed by atoms with Crippen LogP contribution >= 0.6 is 24.8 Å². The van der Waals surface area contributed by atoms with Crippen LogP contribution in [0.4, 0.5) is 0 Å². The summed E-state index contributed by atoms with van der Waals surface area (Å²) in [7, 11) is 0. The molecule has 0 amide bonds. The predicted molar refractivity (Wildman–Crippen MR) is 28.8 cm³/mol. The van der Waals surface area contributed by atoms with Crippen LogP contribution in [-0.2, 0) is 0 Å². The molecule has 0 spiro atoms. The molecule has 5 heteroatoms. The van der Waals surface area contributed by atoms with E-state index in [1.807, 2.05) is 0 Å². The minimum absolute atomic E-state index is 0. The molecule has 0 N–H and O–H groups in total. The predicted octanol–water partition coefficient (Wildman–Crippen LogP) is -0.453. The Morgan fingerprint density at radius 3 is 0.600 bits per heavy atom. The van der Waals surface area contributed by atoms with Crippen molar-refractivity contribution in [2.75, 3.05) is 0 Å². The first-order valence-corrected chi connectivity index (χ1v) is 0. The van der Waals surface area contributed by atoms with Crippen molar-refractivity contribution in [3.8, 4) is 0 Å². The Hall–Kier alpha value is 2.97. The number of rotatable bonds is 0. The van der Waals surface area contributed by atoms with Crippen molar-refractivity contribution in [3.63, 3.8) is 0 Å². The second kappa shape index (κ2) is 28.2. The third kappa shape index (κ3) is 19.5. The first-order valence-electron chi connectivity index (χ1n) is 0. The van der Waals surface area contributed by atoms with Crippen LogP contribution in [0.3, 0.4) is 0 Å². The molecule has 0 atom stereocenters. The summed E-state index contributed by atoms with van der Waals surface area (Å²) in [6, 6.07) is 0. The molecule has 0 aromatic heterocycles. The molecule has 0 aromatic rings. The van der Waals surface area contributed by atoms with Crippen LogP contribution in [0, 0.1) is 35.6 Å². The van der Waals surface area contributed by atoms with Gasteiger partial charge in [0.1, 0.15) is 0 Å². The van der Waals surface area contributed by atoms with Crippen LogP contribution in [0.2, 0.25) is 0 Å². The first kappa shape index (κ1) is 43.9. The van der Waals surface area contributed by atoms with E-state index in [0.29, 0.717) is 0 Å². The van der Waals surface area contributed by atoms with Gasteiger partial charge in [0.2, 0.25) is 0 Å². The fourth-order valence-corrected chi connectivity index (χ4v) is 0. The molecule has 0 rings (SSSR count). The van der Waals surface area contributed by atoms with Crippen molar-refractivity contribution in [1.29, 1.82) is 0 Å². The van der Waals surface area contributed by atoms with Crippen LogP contribution in [0.15, 0.2) is 0 Å². The van der Waals surface area contributed by atoms with Gasteiger partial charge >= 0.3 is 37.7 Å². The van der Waals surface area contributed by atoms with Crippen LogP contribution in [0.1, 0.15) is 0 Å². The van der Waals surface area contributed by atoms with Gasteiger partial charge in [0.05, 0.1) is 0 Å². The van der Waals surface area contributed by atoms with E-state index in [0.717, 1.165) is 0 Å². The van der Waals surface area contributed by atoms with Gasteiger partial charge in [0, 0.05) is 35.6 Å². The van der Waals surface area contributed by atoms with Gasteiger partial charge in [-0.2, -0.15) is 0 Å². The molecule has 0 aliphatic carbocycles. The van der Waals surface area contributed by atoms with E-state index >= 15 is 0 Å². The number of hydrogen-bond donors (Lipinski definition) is 0. The van der Waals surface area contributed by atoms with E-state index in [2.05, 4.69) is 0 Å². The zero-order valence-corrected chi connectivity index (χ0v) is 6.65. The molecule has 0 bridgehead atoms. The standard InChI is InChI=1S/2ClH.La.2Li.2H/h2*1H;;;;;. The second-order valence-corrected chi connectivity index (χ2v) is 0. The van der Waals surface area contributed by atoms with Gasteiger partial charge in [0.15, 0.2) is 0 Å². The fourth-order valence-electron chi connectivity index (χ4n) is 0. The third-order valence-corrected chi connectivity index (χ3v) is 0. The Morgan fingerprint density at radius 2 is 0.600 bits per heavy atom. The van der Waals surface area contributed by atoms with Gasteiger partial charge < -0.3 is 0 Å². The molecule has 0 aliphatic heterocycles. The topological polar surface area (TPSA) is 0 Å². The van der Waals surface area contributed by atoms with Crippen LogP contribution < -0.4 is 0 Å². The van der Waals surface area contributed by atoms with Crippen molar-refractivity contribution in [2.45, 2.75) is 0 Å². The van der Waals surface area contributed by atoms with Crippen molar-refractivity contribution in [2.24, 2.45) is 0 Å². The zero-order chi connectivity index (χ0) is 0. The van der Waals surface area contributed by atoms with Gasteiger partial charge in [0.25, 0.3) is 0 Å². The quantitative estimate of drug-likeness (QED) is 0.492. The van der Waals surface area contributed by atoms with Crippen LogP contribution in [-0.4, -0.2) is 37.7 Å². The molecule has 23 valence electrons. The Kier molecular flexibility index (Phi) is 247. The molecule has 0 saturated carbocycles. The van der Waals surface area contributed by atoms with Crippen molar-refractivity contribution < 1.29 is 35.6 Å². The Labute approximate surface area is 96.4 Å². The molecule has 0 fully saturated rings. The fraction of sp³-hybridized carbons (Fsp3) is 0. The molecule has 0 aliphatic rings. The monoisotopic (exact) mass is 227 g/mol. The summed E-state index contributed by atoms with van der Waals surface area (Å²) in [5, 5.41) is 0. The molecule has 1 radical (unpaired) electrons.